The molecule has 0 amide bonds. The van der Waals surface area contributed by atoms with E-state index in [9.17, 15) is 4.79 Å². The molecule has 3 aromatic heterocycles. The van der Waals surface area contributed by atoms with Crippen LogP contribution in [0.3, 0.4) is 0 Å². The summed E-state index contributed by atoms with van der Waals surface area (Å²) in [5.41, 5.74) is 0.437. The lowest BCUT2D eigenvalue weighted by molar-refractivity contribution is 0.104. The molecule has 0 bridgehead atoms. The number of anilines is 1. The van der Waals surface area contributed by atoms with E-state index in [0.717, 1.165) is 48.6 Å². The van der Waals surface area contributed by atoms with Gasteiger partial charge in [0.25, 0.3) is 0 Å². The second-order valence-electron chi connectivity index (χ2n) is 6.14. The van der Waals surface area contributed by atoms with Gasteiger partial charge < -0.3 is 14.8 Å². The molecule has 0 unspecified atom stereocenters. The van der Waals surface area contributed by atoms with Gasteiger partial charge in [-0.3, -0.25) is 4.79 Å². The predicted octanol–water partition coefficient (Wildman–Crippen LogP) is 2.50. The zero-order valence-corrected chi connectivity index (χ0v) is 15.4. The van der Waals surface area contributed by atoms with Crippen LogP contribution in [0.4, 0.5) is 5.82 Å². The Labute approximate surface area is 155 Å². The van der Waals surface area contributed by atoms with Crippen LogP contribution in [0.25, 0.3) is 10.2 Å². The summed E-state index contributed by atoms with van der Waals surface area (Å²) in [6.45, 7) is 5.59. The Morgan fingerprint density at radius 2 is 2.12 bits per heavy atom. The van der Waals surface area contributed by atoms with Gasteiger partial charge in [-0.2, -0.15) is 0 Å². The number of nitrogens with zero attached hydrogens (tertiary/aromatic N) is 5. The number of hydrogen-bond donors (Lipinski definition) is 1. The number of hydrogen-bond acceptors (Lipinski definition) is 7. The topological polar surface area (TPSA) is 78.0 Å². The Hall–Kier alpha value is -2.74. The molecule has 0 aliphatic carbocycles. The number of aryl methyl sites for hydroxylation is 1. The maximum Gasteiger partial charge on any atom is 0.207 e. The molecule has 0 radical (unpaired) electrons. The Morgan fingerprint density at radius 1 is 1.27 bits per heavy atom. The van der Waals surface area contributed by atoms with Crippen LogP contribution in [0.2, 0.25) is 0 Å². The fraction of sp³-hybridized carbons (Fsp3) is 0.333. The van der Waals surface area contributed by atoms with Crippen LogP contribution < -0.4 is 4.90 Å². The van der Waals surface area contributed by atoms with Crippen molar-refractivity contribution in [2.24, 2.45) is 0 Å². The number of rotatable bonds is 5. The van der Waals surface area contributed by atoms with E-state index in [1.807, 2.05) is 6.20 Å². The minimum atomic E-state index is -0.0865. The fourth-order valence-corrected chi connectivity index (χ4v) is 3.98. The molecule has 0 atom stereocenters. The van der Waals surface area contributed by atoms with Gasteiger partial charge in [0.15, 0.2) is 0 Å². The number of piperazine rings is 1. The summed E-state index contributed by atoms with van der Waals surface area (Å²) in [6, 6.07) is 2.21. The summed E-state index contributed by atoms with van der Waals surface area (Å²) >= 11 is 1.74. The zero-order chi connectivity index (χ0) is 17.9. The van der Waals surface area contributed by atoms with Crippen molar-refractivity contribution in [1.82, 2.24) is 24.8 Å². The number of nitrogens with one attached hydrogen (secondary N) is 1. The van der Waals surface area contributed by atoms with E-state index in [0.29, 0.717) is 5.69 Å². The van der Waals surface area contributed by atoms with Crippen molar-refractivity contribution >= 4 is 33.2 Å². The third kappa shape index (κ3) is 3.32. The van der Waals surface area contributed by atoms with Gasteiger partial charge in [0, 0.05) is 49.5 Å². The summed E-state index contributed by atoms with van der Waals surface area (Å²) in [7, 11) is 0. The van der Waals surface area contributed by atoms with Crippen LogP contribution >= 0.6 is 11.3 Å². The van der Waals surface area contributed by atoms with Crippen molar-refractivity contribution in [1.29, 1.82) is 0 Å². The fourth-order valence-electron chi connectivity index (χ4n) is 3.06. The highest BCUT2D eigenvalue weighted by atomic mass is 32.1. The molecule has 7 nitrogen and oxygen atoms in total. The lowest BCUT2D eigenvalue weighted by atomic mass is 10.2. The monoisotopic (exact) mass is 368 g/mol. The summed E-state index contributed by atoms with van der Waals surface area (Å²) in [5, 5.41) is 1.15. The smallest absolute Gasteiger partial charge is 0.207 e. The lowest BCUT2D eigenvalue weighted by Gasteiger charge is -2.34. The minimum Gasteiger partial charge on any atom is -0.374 e. The molecule has 4 heterocycles. The molecular weight excluding hydrogens is 348 g/mol. The first-order chi connectivity index (χ1) is 12.7. The molecule has 0 spiro atoms. The quantitative estimate of drug-likeness (QED) is 0.551. The van der Waals surface area contributed by atoms with Gasteiger partial charge in [0.1, 0.15) is 22.7 Å². The zero-order valence-electron chi connectivity index (χ0n) is 14.6. The van der Waals surface area contributed by atoms with Gasteiger partial charge in [-0.15, -0.1) is 11.3 Å². The van der Waals surface area contributed by atoms with Gasteiger partial charge >= 0.3 is 0 Å². The normalized spacial score (nSPS) is 15.3. The maximum absolute atomic E-state index is 12.0. The first-order valence-corrected chi connectivity index (χ1v) is 9.50. The molecule has 0 aromatic carbocycles. The van der Waals surface area contributed by atoms with Crippen molar-refractivity contribution in [2.45, 2.75) is 13.3 Å². The molecule has 4 rings (SSSR count). The average molecular weight is 368 g/mol. The molecule has 1 fully saturated rings. The van der Waals surface area contributed by atoms with E-state index >= 15 is 0 Å². The average Bonchev–Trinajstić information content (AvgIpc) is 3.35. The molecule has 0 saturated carbocycles. The number of imidazole rings is 1. The molecule has 134 valence electrons. The largest absolute Gasteiger partial charge is 0.374 e. The Balaban J connectivity index is 1.42. The number of thiophene rings is 1. The van der Waals surface area contributed by atoms with E-state index in [-0.39, 0.29) is 5.78 Å². The summed E-state index contributed by atoms with van der Waals surface area (Å²) in [5.74, 6) is 0.929. The predicted molar refractivity (Wildman–Crippen MR) is 103 cm³/mol. The molecule has 1 saturated heterocycles. The van der Waals surface area contributed by atoms with Crippen LogP contribution in [0.15, 0.2) is 37.2 Å². The van der Waals surface area contributed by atoms with E-state index < -0.39 is 0 Å². The maximum atomic E-state index is 12.0. The van der Waals surface area contributed by atoms with Crippen molar-refractivity contribution in [3.63, 3.8) is 0 Å². The molecule has 8 heteroatoms. The first-order valence-electron chi connectivity index (χ1n) is 8.68. The van der Waals surface area contributed by atoms with E-state index in [1.165, 1.54) is 11.2 Å². The molecular formula is C18H20N6OS. The van der Waals surface area contributed by atoms with Crippen molar-refractivity contribution < 1.29 is 4.79 Å². The van der Waals surface area contributed by atoms with Crippen molar-refractivity contribution in [3.05, 3.63) is 47.8 Å². The highest BCUT2D eigenvalue weighted by Gasteiger charge is 2.19. The Bertz CT molecular complexity index is 924. The number of carbonyl (C=O) groups excluding carboxylic acids is 1. The highest BCUT2D eigenvalue weighted by molar-refractivity contribution is 7.18. The molecule has 26 heavy (non-hydrogen) atoms. The molecule has 1 N–H and O–H groups in total. The third-order valence-corrected chi connectivity index (χ3v) is 5.70. The number of ketones is 1. The van der Waals surface area contributed by atoms with Gasteiger partial charge in [-0.25, -0.2) is 15.0 Å². The number of aromatic amines is 1. The number of fused-ring (bicyclic) bond motifs is 1. The standard InChI is InChI=1S/C18H20N6OS/c1-2-13-9-14-17(21-12-22-18(14)26-13)24-7-5-23(6-8-24)4-3-16(25)15-10-19-11-20-15/h3-4,9-12H,2,5-8H2,1H3,(H,19,20). The van der Waals surface area contributed by atoms with Crippen LogP contribution in [0.1, 0.15) is 22.3 Å². The molecule has 1 aliphatic heterocycles. The Kier molecular flexibility index (Phi) is 4.66. The van der Waals surface area contributed by atoms with Crippen molar-refractivity contribution in [3.8, 4) is 0 Å². The van der Waals surface area contributed by atoms with Gasteiger partial charge in [-0.1, -0.05) is 6.92 Å². The SMILES string of the molecule is CCc1cc2c(N3CCN(C=CC(=O)c4c[nH]cn4)CC3)ncnc2s1. The van der Waals surface area contributed by atoms with Crippen LogP contribution in [0.5, 0.6) is 0 Å². The highest BCUT2D eigenvalue weighted by Crippen LogP contribution is 2.30. The van der Waals surface area contributed by atoms with E-state index in [4.69, 9.17) is 0 Å². The summed E-state index contributed by atoms with van der Waals surface area (Å²) < 4.78 is 0. The Morgan fingerprint density at radius 3 is 2.85 bits per heavy atom. The van der Waals surface area contributed by atoms with Gasteiger partial charge in [-0.05, 0) is 12.5 Å². The van der Waals surface area contributed by atoms with Crippen LogP contribution in [0, 0.1) is 0 Å². The van der Waals surface area contributed by atoms with Gasteiger partial charge in [0.05, 0.1) is 11.7 Å². The van der Waals surface area contributed by atoms with Crippen LogP contribution in [-0.2, 0) is 6.42 Å². The number of carbonyl (C=O) groups is 1. The van der Waals surface area contributed by atoms with E-state index in [2.05, 4.69) is 42.7 Å². The minimum absolute atomic E-state index is 0.0865. The second-order valence-corrected chi connectivity index (χ2v) is 7.26. The summed E-state index contributed by atoms with van der Waals surface area (Å²) in [6.07, 6.45) is 9.24. The van der Waals surface area contributed by atoms with Crippen molar-refractivity contribution in [2.75, 3.05) is 31.1 Å². The summed E-state index contributed by atoms with van der Waals surface area (Å²) in [4.78, 5) is 34.5. The number of aromatic nitrogens is 4. The molecule has 1 aliphatic rings. The third-order valence-electron chi connectivity index (χ3n) is 4.51. The lowest BCUT2D eigenvalue weighted by Crippen LogP contribution is -2.44. The van der Waals surface area contributed by atoms with Gasteiger partial charge in [0.2, 0.25) is 5.78 Å². The first kappa shape index (κ1) is 16.7. The number of allylic oxidation sites excluding steroid dienone is 1. The van der Waals surface area contributed by atoms with Crippen LogP contribution in [-0.4, -0.2) is 56.8 Å². The van der Waals surface area contributed by atoms with E-state index in [1.54, 1.807) is 29.9 Å². The number of H-pyrrole nitrogens is 1. The second kappa shape index (κ2) is 7.25. The molecule has 3 aromatic rings.